The van der Waals surface area contributed by atoms with Crippen molar-refractivity contribution in [2.45, 2.75) is 18.4 Å². The number of hydrogen-bond acceptors (Lipinski definition) is 3. The molecule has 0 spiro atoms. The molecule has 2 rings (SSSR count). The van der Waals surface area contributed by atoms with E-state index in [0.29, 0.717) is 13.0 Å². The summed E-state index contributed by atoms with van der Waals surface area (Å²) in [4.78, 5) is 0. The van der Waals surface area contributed by atoms with Crippen molar-refractivity contribution in [2.24, 2.45) is 0 Å². The highest BCUT2D eigenvalue weighted by Gasteiger charge is 2.31. The Balaban J connectivity index is 2.15. The van der Waals surface area contributed by atoms with Gasteiger partial charge in [-0.05, 0) is 30.7 Å². The van der Waals surface area contributed by atoms with Crippen LogP contribution < -0.4 is 10.1 Å². The van der Waals surface area contributed by atoms with E-state index in [1.165, 1.54) is 13.2 Å². The summed E-state index contributed by atoms with van der Waals surface area (Å²) in [5.74, 6) is -0.144. The Morgan fingerprint density at radius 1 is 1.56 bits per heavy atom. The van der Waals surface area contributed by atoms with Gasteiger partial charge in [-0.25, -0.2) is 4.39 Å². The fourth-order valence-electron chi connectivity index (χ4n) is 2.08. The number of ether oxygens (including phenoxy) is 1. The van der Waals surface area contributed by atoms with Crippen LogP contribution in [0.4, 0.5) is 4.39 Å². The van der Waals surface area contributed by atoms with E-state index in [-0.39, 0.29) is 11.6 Å². The SMILES string of the molecule is COc1cc(CC2(O)CCNC2)ccc1F. The van der Waals surface area contributed by atoms with Gasteiger partial charge in [0.05, 0.1) is 12.7 Å². The van der Waals surface area contributed by atoms with E-state index < -0.39 is 5.60 Å². The van der Waals surface area contributed by atoms with E-state index in [2.05, 4.69) is 5.32 Å². The minimum absolute atomic E-state index is 0.229. The monoisotopic (exact) mass is 225 g/mol. The van der Waals surface area contributed by atoms with Crippen LogP contribution in [0.1, 0.15) is 12.0 Å². The molecule has 1 aliphatic rings. The number of nitrogens with one attached hydrogen (secondary N) is 1. The van der Waals surface area contributed by atoms with E-state index >= 15 is 0 Å². The van der Waals surface area contributed by atoms with Crippen LogP contribution >= 0.6 is 0 Å². The largest absolute Gasteiger partial charge is 0.494 e. The summed E-state index contributed by atoms with van der Waals surface area (Å²) in [5, 5.41) is 13.3. The van der Waals surface area contributed by atoms with Crippen molar-refractivity contribution in [3.05, 3.63) is 29.6 Å². The van der Waals surface area contributed by atoms with Gasteiger partial charge in [0.1, 0.15) is 0 Å². The molecule has 0 bridgehead atoms. The molecule has 4 heteroatoms. The molecule has 3 nitrogen and oxygen atoms in total. The summed E-state index contributed by atoms with van der Waals surface area (Å²) >= 11 is 0. The molecule has 88 valence electrons. The Labute approximate surface area is 94.2 Å². The number of hydrogen-bond donors (Lipinski definition) is 2. The Morgan fingerprint density at radius 3 is 3.00 bits per heavy atom. The normalized spacial score (nSPS) is 24.7. The third-order valence-corrected chi connectivity index (χ3v) is 2.97. The standard InChI is InChI=1S/C12H16FNO2/c1-16-11-6-9(2-3-10(11)13)7-12(15)4-5-14-8-12/h2-3,6,14-15H,4-5,7-8H2,1H3. The summed E-state index contributed by atoms with van der Waals surface area (Å²) in [7, 11) is 1.44. The van der Waals surface area contributed by atoms with Crippen molar-refractivity contribution in [2.75, 3.05) is 20.2 Å². The van der Waals surface area contributed by atoms with Crippen LogP contribution in [-0.2, 0) is 6.42 Å². The van der Waals surface area contributed by atoms with Crippen LogP contribution in [0.15, 0.2) is 18.2 Å². The van der Waals surface area contributed by atoms with Crippen LogP contribution in [0.5, 0.6) is 5.75 Å². The lowest BCUT2D eigenvalue weighted by Gasteiger charge is -2.21. The van der Waals surface area contributed by atoms with Crippen molar-refractivity contribution >= 4 is 0 Å². The van der Waals surface area contributed by atoms with Crippen molar-refractivity contribution in [1.29, 1.82) is 0 Å². The van der Waals surface area contributed by atoms with Gasteiger partial charge >= 0.3 is 0 Å². The summed E-state index contributed by atoms with van der Waals surface area (Å²) in [6.45, 7) is 1.42. The summed E-state index contributed by atoms with van der Waals surface area (Å²) in [5.41, 5.74) is 0.187. The molecule has 0 radical (unpaired) electrons. The molecule has 1 aromatic rings. The zero-order valence-corrected chi connectivity index (χ0v) is 9.29. The van der Waals surface area contributed by atoms with Crippen molar-refractivity contribution < 1.29 is 14.2 Å². The van der Waals surface area contributed by atoms with E-state index in [4.69, 9.17) is 4.74 Å². The maximum atomic E-state index is 13.2. The number of rotatable bonds is 3. The molecule has 16 heavy (non-hydrogen) atoms. The summed E-state index contributed by atoms with van der Waals surface area (Å²) < 4.78 is 18.1. The predicted molar refractivity (Wildman–Crippen MR) is 59.1 cm³/mol. The highest BCUT2D eigenvalue weighted by atomic mass is 19.1. The Morgan fingerprint density at radius 2 is 2.38 bits per heavy atom. The van der Waals surface area contributed by atoms with Crippen LogP contribution in [0.2, 0.25) is 0 Å². The molecule has 1 aliphatic heterocycles. The van der Waals surface area contributed by atoms with Gasteiger partial charge in [0.15, 0.2) is 11.6 Å². The lowest BCUT2D eigenvalue weighted by atomic mass is 9.94. The molecule has 0 saturated carbocycles. The molecule has 1 heterocycles. The zero-order chi connectivity index (χ0) is 11.6. The molecular formula is C12H16FNO2. The van der Waals surface area contributed by atoms with Crippen LogP contribution in [0, 0.1) is 5.82 Å². The fraction of sp³-hybridized carbons (Fsp3) is 0.500. The van der Waals surface area contributed by atoms with Crippen molar-refractivity contribution in [3.8, 4) is 5.75 Å². The maximum Gasteiger partial charge on any atom is 0.165 e. The van der Waals surface area contributed by atoms with Gasteiger partial charge in [0.25, 0.3) is 0 Å². The molecule has 1 saturated heterocycles. The molecule has 0 aliphatic carbocycles. The third-order valence-electron chi connectivity index (χ3n) is 2.97. The van der Waals surface area contributed by atoms with Crippen LogP contribution in [0.25, 0.3) is 0 Å². The van der Waals surface area contributed by atoms with E-state index in [1.54, 1.807) is 12.1 Å². The van der Waals surface area contributed by atoms with Gasteiger partial charge in [0.2, 0.25) is 0 Å². The molecule has 1 fully saturated rings. The Bertz CT molecular complexity index is 375. The average Bonchev–Trinajstić information content (AvgIpc) is 2.68. The lowest BCUT2D eigenvalue weighted by molar-refractivity contribution is 0.0618. The molecule has 1 atom stereocenters. The fourth-order valence-corrected chi connectivity index (χ4v) is 2.08. The first-order valence-corrected chi connectivity index (χ1v) is 5.38. The minimum Gasteiger partial charge on any atom is -0.494 e. The third kappa shape index (κ3) is 2.33. The second kappa shape index (κ2) is 4.39. The Hall–Kier alpha value is -1.13. The molecule has 2 N–H and O–H groups in total. The van der Waals surface area contributed by atoms with Gasteiger partial charge in [-0.3, -0.25) is 0 Å². The number of benzene rings is 1. The quantitative estimate of drug-likeness (QED) is 0.809. The number of β-amino-alcohol motifs (C(OH)–C–C–N with tert-alkyl or cyclic N) is 1. The van der Waals surface area contributed by atoms with Crippen molar-refractivity contribution in [3.63, 3.8) is 0 Å². The van der Waals surface area contributed by atoms with Crippen molar-refractivity contribution in [1.82, 2.24) is 5.32 Å². The van der Waals surface area contributed by atoms with E-state index in [1.807, 2.05) is 0 Å². The highest BCUT2D eigenvalue weighted by Crippen LogP contribution is 2.24. The molecular weight excluding hydrogens is 209 g/mol. The summed E-state index contributed by atoms with van der Waals surface area (Å²) in [6.07, 6.45) is 1.25. The number of halogens is 1. The predicted octanol–water partition coefficient (Wildman–Crippen LogP) is 1.10. The second-order valence-electron chi connectivity index (χ2n) is 4.30. The first-order valence-electron chi connectivity index (χ1n) is 5.38. The van der Waals surface area contributed by atoms with Gasteiger partial charge in [0, 0.05) is 13.0 Å². The van der Waals surface area contributed by atoms with Crippen LogP contribution in [-0.4, -0.2) is 30.9 Å². The minimum atomic E-state index is -0.706. The van der Waals surface area contributed by atoms with Gasteiger partial charge in [-0.15, -0.1) is 0 Å². The smallest absolute Gasteiger partial charge is 0.165 e. The first-order chi connectivity index (χ1) is 7.63. The maximum absolute atomic E-state index is 13.2. The first kappa shape index (κ1) is 11.4. The highest BCUT2D eigenvalue weighted by molar-refractivity contribution is 5.31. The van der Waals surface area contributed by atoms with Gasteiger partial charge in [-0.2, -0.15) is 0 Å². The lowest BCUT2D eigenvalue weighted by Crippen LogP contribution is -2.33. The molecule has 1 aromatic carbocycles. The van der Waals surface area contributed by atoms with Gasteiger partial charge in [-0.1, -0.05) is 6.07 Å². The number of aliphatic hydroxyl groups is 1. The number of methoxy groups -OCH3 is 1. The van der Waals surface area contributed by atoms with Crippen LogP contribution in [0.3, 0.4) is 0 Å². The second-order valence-corrected chi connectivity index (χ2v) is 4.30. The average molecular weight is 225 g/mol. The molecule has 0 aromatic heterocycles. The molecule has 1 unspecified atom stereocenters. The van der Waals surface area contributed by atoms with E-state index in [0.717, 1.165) is 18.5 Å². The summed E-state index contributed by atoms with van der Waals surface area (Å²) in [6, 6.07) is 4.71. The molecule has 0 amide bonds. The zero-order valence-electron chi connectivity index (χ0n) is 9.29. The Kier molecular flexibility index (Phi) is 3.12. The topological polar surface area (TPSA) is 41.5 Å². The van der Waals surface area contributed by atoms with E-state index in [9.17, 15) is 9.50 Å². The van der Waals surface area contributed by atoms with Gasteiger partial charge < -0.3 is 15.2 Å².